The molecule has 0 bridgehead atoms. The van der Waals surface area contributed by atoms with E-state index in [1.165, 1.54) is 12.1 Å². The maximum absolute atomic E-state index is 12.5. The quantitative estimate of drug-likeness (QED) is 0.870. The molecule has 2 N–H and O–H groups in total. The zero-order chi connectivity index (χ0) is 13.0. The van der Waals surface area contributed by atoms with E-state index in [-0.39, 0.29) is 0 Å². The summed E-state index contributed by atoms with van der Waals surface area (Å²) in [5.41, 5.74) is -0.0545. The second-order valence-corrected chi connectivity index (χ2v) is 4.65. The van der Waals surface area contributed by atoms with E-state index in [1.807, 2.05) is 0 Å². The average Bonchev–Trinajstić information content (AvgIpc) is 2.37. The van der Waals surface area contributed by atoms with Crippen LogP contribution in [0.3, 0.4) is 0 Å². The highest BCUT2D eigenvalue weighted by atomic mass is 19.4. The van der Waals surface area contributed by atoms with Gasteiger partial charge in [0.15, 0.2) is 0 Å². The minimum atomic E-state index is -4.27. The molecule has 0 atom stereocenters. The van der Waals surface area contributed by atoms with Crippen LogP contribution in [0.4, 0.5) is 18.9 Å². The van der Waals surface area contributed by atoms with Crippen LogP contribution in [0.15, 0.2) is 24.3 Å². The summed E-state index contributed by atoms with van der Waals surface area (Å²) < 4.78 is 37.6. The van der Waals surface area contributed by atoms with Crippen LogP contribution in [-0.2, 0) is 6.18 Å². The van der Waals surface area contributed by atoms with Gasteiger partial charge in [0.2, 0.25) is 0 Å². The Balaban J connectivity index is 1.92. The largest absolute Gasteiger partial charge is 0.416 e. The van der Waals surface area contributed by atoms with Crippen molar-refractivity contribution in [2.24, 2.45) is 5.92 Å². The molecule has 0 aromatic heterocycles. The minimum absolute atomic E-state index is 0.542. The van der Waals surface area contributed by atoms with Crippen molar-refractivity contribution < 1.29 is 13.2 Å². The highest BCUT2D eigenvalue weighted by Gasteiger charge is 2.30. The lowest BCUT2D eigenvalue weighted by atomic mass is 9.98. The maximum Gasteiger partial charge on any atom is 0.416 e. The third kappa shape index (κ3) is 3.63. The van der Waals surface area contributed by atoms with Crippen molar-refractivity contribution >= 4 is 5.69 Å². The lowest BCUT2D eigenvalue weighted by Crippen LogP contribution is -2.31. The maximum atomic E-state index is 12.5. The van der Waals surface area contributed by atoms with Crippen molar-refractivity contribution in [1.82, 2.24) is 5.32 Å². The molecule has 1 aromatic rings. The summed E-state index contributed by atoms with van der Waals surface area (Å²) in [4.78, 5) is 0. The van der Waals surface area contributed by atoms with Gasteiger partial charge in [-0.1, -0.05) is 6.07 Å². The van der Waals surface area contributed by atoms with E-state index in [1.54, 1.807) is 6.07 Å². The Hall–Kier alpha value is -1.23. The molecule has 18 heavy (non-hydrogen) atoms. The van der Waals surface area contributed by atoms with Crippen LogP contribution in [0.1, 0.15) is 18.4 Å². The molecule has 0 saturated carbocycles. The monoisotopic (exact) mass is 258 g/mol. The summed E-state index contributed by atoms with van der Waals surface area (Å²) in [6, 6.07) is 5.38. The van der Waals surface area contributed by atoms with Gasteiger partial charge in [0.05, 0.1) is 5.56 Å². The van der Waals surface area contributed by atoms with Gasteiger partial charge in [-0.05, 0) is 50.0 Å². The van der Waals surface area contributed by atoms with Crippen molar-refractivity contribution in [2.75, 3.05) is 25.0 Å². The SMILES string of the molecule is FC(F)(F)c1cccc(NCC2CCNCC2)c1. The molecule has 2 rings (SSSR count). The normalized spacial score (nSPS) is 17.7. The molecule has 0 amide bonds. The van der Waals surface area contributed by atoms with Crippen LogP contribution >= 0.6 is 0 Å². The molecule has 5 heteroatoms. The molecule has 1 aliphatic rings. The first-order valence-electron chi connectivity index (χ1n) is 6.17. The standard InChI is InChI=1S/C13H17F3N2/c14-13(15,16)11-2-1-3-12(8-11)18-9-10-4-6-17-7-5-10/h1-3,8,10,17-18H,4-7,9H2. The van der Waals surface area contributed by atoms with Crippen LogP contribution in [0.5, 0.6) is 0 Å². The molecule has 2 nitrogen and oxygen atoms in total. The number of rotatable bonds is 3. The summed E-state index contributed by atoms with van der Waals surface area (Å²) in [5, 5.41) is 6.36. The molecule has 0 radical (unpaired) electrons. The Morgan fingerprint density at radius 2 is 1.94 bits per heavy atom. The number of piperidine rings is 1. The van der Waals surface area contributed by atoms with Crippen LogP contribution in [0, 0.1) is 5.92 Å². The van der Waals surface area contributed by atoms with E-state index in [0.29, 0.717) is 11.6 Å². The Bertz CT molecular complexity index is 384. The molecule has 1 aliphatic heterocycles. The van der Waals surface area contributed by atoms with Crippen LogP contribution < -0.4 is 10.6 Å². The van der Waals surface area contributed by atoms with E-state index in [4.69, 9.17) is 0 Å². The molecule has 1 heterocycles. The second kappa shape index (κ2) is 5.61. The first kappa shape index (κ1) is 13.2. The van der Waals surface area contributed by atoms with E-state index in [9.17, 15) is 13.2 Å². The van der Waals surface area contributed by atoms with Gasteiger partial charge in [-0.25, -0.2) is 0 Å². The molecule has 0 unspecified atom stereocenters. The second-order valence-electron chi connectivity index (χ2n) is 4.65. The fourth-order valence-electron chi connectivity index (χ4n) is 2.15. The van der Waals surface area contributed by atoms with Gasteiger partial charge >= 0.3 is 6.18 Å². The Morgan fingerprint density at radius 3 is 2.61 bits per heavy atom. The molecule has 1 fully saturated rings. The van der Waals surface area contributed by atoms with Crippen LogP contribution in [-0.4, -0.2) is 19.6 Å². The fourth-order valence-corrected chi connectivity index (χ4v) is 2.15. The first-order valence-corrected chi connectivity index (χ1v) is 6.17. The molecule has 0 spiro atoms. The van der Waals surface area contributed by atoms with Gasteiger partial charge < -0.3 is 10.6 Å². The van der Waals surface area contributed by atoms with Crippen LogP contribution in [0.2, 0.25) is 0 Å². The van der Waals surface area contributed by atoms with Crippen molar-refractivity contribution in [3.05, 3.63) is 29.8 Å². The number of hydrogen-bond donors (Lipinski definition) is 2. The van der Waals surface area contributed by atoms with E-state index >= 15 is 0 Å². The molecule has 100 valence electrons. The van der Waals surface area contributed by atoms with Crippen LogP contribution in [0.25, 0.3) is 0 Å². The molecular formula is C13H17F3N2. The fraction of sp³-hybridized carbons (Fsp3) is 0.538. The number of hydrogen-bond acceptors (Lipinski definition) is 2. The number of alkyl halides is 3. The van der Waals surface area contributed by atoms with Crippen molar-refractivity contribution in [2.45, 2.75) is 19.0 Å². The lowest BCUT2D eigenvalue weighted by Gasteiger charge is -2.23. The first-order chi connectivity index (χ1) is 8.55. The van der Waals surface area contributed by atoms with E-state index < -0.39 is 11.7 Å². The zero-order valence-electron chi connectivity index (χ0n) is 10.1. The topological polar surface area (TPSA) is 24.1 Å². The number of halogens is 3. The summed E-state index contributed by atoms with van der Waals surface area (Å²) in [6.45, 7) is 2.73. The summed E-state index contributed by atoms with van der Waals surface area (Å²) in [6.07, 6.45) is -2.12. The van der Waals surface area contributed by atoms with Gasteiger partial charge in [0.25, 0.3) is 0 Å². The summed E-state index contributed by atoms with van der Waals surface area (Å²) in [7, 11) is 0. The Kier molecular flexibility index (Phi) is 4.11. The Labute approximate surface area is 105 Å². The third-order valence-electron chi connectivity index (χ3n) is 3.24. The number of anilines is 1. The number of benzene rings is 1. The Morgan fingerprint density at radius 1 is 1.22 bits per heavy atom. The van der Waals surface area contributed by atoms with Gasteiger partial charge in [-0.2, -0.15) is 13.2 Å². The van der Waals surface area contributed by atoms with Crippen molar-refractivity contribution in [3.8, 4) is 0 Å². The smallest absolute Gasteiger partial charge is 0.385 e. The molecule has 1 saturated heterocycles. The zero-order valence-corrected chi connectivity index (χ0v) is 10.1. The van der Waals surface area contributed by atoms with E-state index in [0.717, 1.165) is 38.5 Å². The predicted octanol–water partition coefficient (Wildman–Crippen LogP) is 3.12. The van der Waals surface area contributed by atoms with Gasteiger partial charge in [0.1, 0.15) is 0 Å². The lowest BCUT2D eigenvalue weighted by molar-refractivity contribution is -0.137. The van der Waals surface area contributed by atoms with Crippen molar-refractivity contribution in [1.29, 1.82) is 0 Å². The van der Waals surface area contributed by atoms with Gasteiger partial charge in [0, 0.05) is 12.2 Å². The van der Waals surface area contributed by atoms with Crippen molar-refractivity contribution in [3.63, 3.8) is 0 Å². The highest BCUT2D eigenvalue weighted by molar-refractivity contribution is 5.46. The highest BCUT2D eigenvalue weighted by Crippen LogP contribution is 2.30. The average molecular weight is 258 g/mol. The minimum Gasteiger partial charge on any atom is -0.385 e. The molecule has 1 aromatic carbocycles. The third-order valence-corrected chi connectivity index (χ3v) is 3.24. The summed E-state index contributed by atoms with van der Waals surface area (Å²) >= 11 is 0. The number of nitrogens with one attached hydrogen (secondary N) is 2. The predicted molar refractivity (Wildman–Crippen MR) is 65.5 cm³/mol. The van der Waals surface area contributed by atoms with Gasteiger partial charge in [-0.15, -0.1) is 0 Å². The molecule has 0 aliphatic carbocycles. The molecular weight excluding hydrogens is 241 g/mol. The summed E-state index contributed by atoms with van der Waals surface area (Å²) in [5.74, 6) is 0.542. The van der Waals surface area contributed by atoms with Gasteiger partial charge in [-0.3, -0.25) is 0 Å². The van der Waals surface area contributed by atoms with E-state index in [2.05, 4.69) is 10.6 Å².